The smallest absolute Gasteiger partial charge is 0.228 e. The van der Waals surface area contributed by atoms with E-state index in [0.717, 1.165) is 12.8 Å². The summed E-state index contributed by atoms with van der Waals surface area (Å²) in [5, 5.41) is 3.36. The zero-order valence-corrected chi connectivity index (χ0v) is 13.1. The molecule has 0 aliphatic heterocycles. The van der Waals surface area contributed by atoms with Crippen molar-refractivity contribution >= 4 is 11.9 Å². The van der Waals surface area contributed by atoms with Crippen LogP contribution in [0.1, 0.15) is 48.8 Å². The van der Waals surface area contributed by atoms with Gasteiger partial charge in [0.25, 0.3) is 0 Å². The molecule has 112 valence electrons. The van der Waals surface area contributed by atoms with Crippen LogP contribution >= 0.6 is 0 Å². The zero-order chi connectivity index (χ0) is 15.4. The topological polar surface area (TPSA) is 76.7 Å². The van der Waals surface area contributed by atoms with E-state index in [4.69, 9.17) is 5.73 Å². The Kier molecular flexibility index (Phi) is 4.73. The molecule has 3 rings (SSSR count). The van der Waals surface area contributed by atoms with Crippen LogP contribution in [0.25, 0.3) is 0 Å². The van der Waals surface area contributed by atoms with Crippen LogP contribution in [0, 0.1) is 13.8 Å². The summed E-state index contributed by atoms with van der Waals surface area (Å²) in [5.74, 6) is 1.46. The van der Waals surface area contributed by atoms with Gasteiger partial charge in [-0.25, -0.2) is 0 Å². The fourth-order valence-corrected chi connectivity index (χ4v) is 2.59. The molecule has 1 aromatic heterocycles. The standard InChI is InChI=1S/C14H17N5.C2H6/c1-8-3-4-10-5-6-12(11(10)7-8)18-14-17-9(2)16-13(15)19-14;1-2/h3-4,7,12H,5-6H2,1-2H3,(H3,15,16,17,18,19);1-2H3. The van der Waals surface area contributed by atoms with Gasteiger partial charge in [0.05, 0.1) is 6.04 Å². The molecule has 0 spiro atoms. The molecule has 0 saturated carbocycles. The highest BCUT2D eigenvalue weighted by atomic mass is 15.2. The highest BCUT2D eigenvalue weighted by Crippen LogP contribution is 2.33. The largest absolute Gasteiger partial charge is 0.368 e. The Morgan fingerprint density at radius 3 is 2.62 bits per heavy atom. The molecule has 0 bridgehead atoms. The molecule has 21 heavy (non-hydrogen) atoms. The molecular weight excluding hydrogens is 262 g/mol. The SMILES string of the molecule is CC.Cc1ccc2c(c1)C(Nc1nc(C)nc(N)n1)CC2. The number of hydrogen-bond acceptors (Lipinski definition) is 5. The van der Waals surface area contributed by atoms with Gasteiger partial charge in [-0.2, -0.15) is 15.0 Å². The van der Waals surface area contributed by atoms with Crippen molar-refractivity contribution in [2.24, 2.45) is 0 Å². The third kappa shape index (κ3) is 3.48. The molecule has 0 radical (unpaired) electrons. The second kappa shape index (κ2) is 6.52. The minimum Gasteiger partial charge on any atom is -0.368 e. The van der Waals surface area contributed by atoms with Crippen LogP contribution in [0.5, 0.6) is 0 Å². The van der Waals surface area contributed by atoms with Crippen LogP contribution in [0.3, 0.4) is 0 Å². The van der Waals surface area contributed by atoms with Crippen LogP contribution < -0.4 is 11.1 Å². The maximum absolute atomic E-state index is 5.65. The molecular formula is C16H23N5. The van der Waals surface area contributed by atoms with E-state index in [-0.39, 0.29) is 12.0 Å². The van der Waals surface area contributed by atoms with Crippen molar-refractivity contribution in [3.05, 3.63) is 40.7 Å². The molecule has 1 heterocycles. The van der Waals surface area contributed by atoms with Gasteiger partial charge in [0.15, 0.2) is 0 Å². The highest BCUT2D eigenvalue weighted by molar-refractivity contribution is 5.43. The molecule has 5 heteroatoms. The predicted octanol–water partition coefficient (Wildman–Crippen LogP) is 3.20. The molecule has 3 N–H and O–H groups in total. The molecule has 0 fully saturated rings. The fraction of sp³-hybridized carbons (Fsp3) is 0.438. The third-order valence-corrected chi connectivity index (χ3v) is 3.45. The number of nitrogens with two attached hydrogens (primary N) is 1. The minimum absolute atomic E-state index is 0.260. The van der Waals surface area contributed by atoms with Crippen molar-refractivity contribution in [1.29, 1.82) is 0 Å². The first-order valence-electron chi connectivity index (χ1n) is 7.46. The number of nitrogen functional groups attached to an aromatic ring is 1. The highest BCUT2D eigenvalue weighted by Gasteiger charge is 2.23. The number of fused-ring (bicyclic) bond motifs is 1. The number of aryl methyl sites for hydroxylation is 3. The Balaban J connectivity index is 0.000000774. The summed E-state index contributed by atoms with van der Waals surface area (Å²) in [7, 11) is 0. The molecule has 1 unspecified atom stereocenters. The molecule has 1 atom stereocenters. The fourth-order valence-electron chi connectivity index (χ4n) is 2.59. The Morgan fingerprint density at radius 1 is 1.14 bits per heavy atom. The van der Waals surface area contributed by atoms with Crippen molar-refractivity contribution < 1.29 is 0 Å². The lowest BCUT2D eigenvalue weighted by atomic mass is 10.1. The number of anilines is 2. The number of aromatic nitrogens is 3. The summed E-state index contributed by atoms with van der Waals surface area (Å²) in [4.78, 5) is 12.4. The van der Waals surface area contributed by atoms with Crippen molar-refractivity contribution in [2.45, 2.75) is 46.6 Å². The number of nitrogens with zero attached hydrogens (tertiary/aromatic N) is 3. The van der Waals surface area contributed by atoms with E-state index in [1.165, 1.54) is 16.7 Å². The summed E-state index contributed by atoms with van der Waals surface area (Å²) in [6.45, 7) is 7.93. The van der Waals surface area contributed by atoms with Crippen molar-refractivity contribution in [3.8, 4) is 0 Å². The van der Waals surface area contributed by atoms with Gasteiger partial charge in [0.1, 0.15) is 5.82 Å². The Bertz CT molecular complexity index is 604. The monoisotopic (exact) mass is 285 g/mol. The van der Waals surface area contributed by atoms with E-state index >= 15 is 0 Å². The van der Waals surface area contributed by atoms with E-state index in [1.807, 2.05) is 20.8 Å². The number of nitrogens with one attached hydrogen (secondary N) is 1. The molecule has 1 aliphatic rings. The van der Waals surface area contributed by atoms with Gasteiger partial charge in [-0.1, -0.05) is 37.6 Å². The molecule has 1 aromatic carbocycles. The third-order valence-electron chi connectivity index (χ3n) is 3.45. The van der Waals surface area contributed by atoms with Crippen molar-refractivity contribution in [2.75, 3.05) is 11.1 Å². The summed E-state index contributed by atoms with van der Waals surface area (Å²) in [6, 6.07) is 6.86. The van der Waals surface area contributed by atoms with E-state index < -0.39 is 0 Å². The van der Waals surface area contributed by atoms with Crippen LogP contribution in [0.15, 0.2) is 18.2 Å². The zero-order valence-electron chi connectivity index (χ0n) is 13.1. The van der Waals surface area contributed by atoms with Gasteiger partial charge in [0.2, 0.25) is 11.9 Å². The van der Waals surface area contributed by atoms with Crippen molar-refractivity contribution in [3.63, 3.8) is 0 Å². The van der Waals surface area contributed by atoms with E-state index in [9.17, 15) is 0 Å². The number of benzene rings is 1. The lowest BCUT2D eigenvalue weighted by Gasteiger charge is -2.14. The first kappa shape index (κ1) is 15.2. The molecule has 0 amide bonds. The van der Waals surface area contributed by atoms with Gasteiger partial charge in [-0.05, 0) is 37.8 Å². The van der Waals surface area contributed by atoms with Gasteiger partial charge in [0, 0.05) is 0 Å². The minimum atomic E-state index is 0.260. The second-order valence-corrected chi connectivity index (χ2v) is 5.00. The molecule has 0 saturated heterocycles. The van der Waals surface area contributed by atoms with E-state index in [0.29, 0.717) is 11.8 Å². The summed E-state index contributed by atoms with van der Waals surface area (Å²) in [6.07, 6.45) is 2.15. The van der Waals surface area contributed by atoms with E-state index in [1.54, 1.807) is 0 Å². The molecule has 1 aliphatic carbocycles. The van der Waals surface area contributed by atoms with Gasteiger partial charge in [-0.15, -0.1) is 0 Å². The first-order chi connectivity index (χ1) is 10.1. The summed E-state index contributed by atoms with van der Waals surface area (Å²) >= 11 is 0. The predicted molar refractivity (Wildman–Crippen MR) is 86.2 cm³/mol. The van der Waals surface area contributed by atoms with Crippen molar-refractivity contribution in [1.82, 2.24) is 15.0 Å². The average molecular weight is 285 g/mol. The van der Waals surface area contributed by atoms with Crippen LogP contribution in [0.2, 0.25) is 0 Å². The normalized spacial score (nSPS) is 15.9. The number of rotatable bonds is 2. The van der Waals surface area contributed by atoms with Crippen LogP contribution in [-0.2, 0) is 6.42 Å². The van der Waals surface area contributed by atoms with Gasteiger partial charge < -0.3 is 11.1 Å². The maximum Gasteiger partial charge on any atom is 0.228 e. The quantitative estimate of drug-likeness (QED) is 0.886. The van der Waals surface area contributed by atoms with Gasteiger partial charge >= 0.3 is 0 Å². The molecule has 5 nitrogen and oxygen atoms in total. The summed E-state index contributed by atoms with van der Waals surface area (Å²) < 4.78 is 0. The lowest BCUT2D eigenvalue weighted by molar-refractivity contribution is 0.747. The average Bonchev–Trinajstić information content (AvgIpc) is 2.82. The van der Waals surface area contributed by atoms with E-state index in [2.05, 4.69) is 45.4 Å². The Hall–Kier alpha value is -2.17. The molecule has 2 aromatic rings. The number of hydrogen-bond donors (Lipinski definition) is 2. The van der Waals surface area contributed by atoms with Crippen LogP contribution in [-0.4, -0.2) is 15.0 Å². The Labute approximate surface area is 126 Å². The van der Waals surface area contributed by atoms with Crippen LogP contribution in [0.4, 0.5) is 11.9 Å². The maximum atomic E-state index is 5.65. The lowest BCUT2D eigenvalue weighted by Crippen LogP contribution is -2.12. The Morgan fingerprint density at radius 2 is 1.90 bits per heavy atom. The first-order valence-corrected chi connectivity index (χ1v) is 7.46. The summed E-state index contributed by atoms with van der Waals surface area (Å²) in [5.41, 5.74) is 9.68. The van der Waals surface area contributed by atoms with Gasteiger partial charge in [-0.3, -0.25) is 0 Å². The second-order valence-electron chi connectivity index (χ2n) is 5.00.